The largest absolute Gasteiger partial charge is 0.394 e. The van der Waals surface area contributed by atoms with Crippen LogP contribution in [-0.2, 0) is 4.79 Å². The molecule has 5 nitrogen and oxygen atoms in total. The molecule has 134 valence electrons. The number of rotatable bonds is 5. The highest BCUT2D eigenvalue weighted by molar-refractivity contribution is 5.94. The molecule has 0 saturated carbocycles. The van der Waals surface area contributed by atoms with Gasteiger partial charge in [-0.2, -0.15) is 0 Å². The molecule has 0 bridgehead atoms. The Hall–Kier alpha value is -2.18. The van der Waals surface area contributed by atoms with Crippen molar-refractivity contribution in [3.8, 4) is 0 Å². The summed E-state index contributed by atoms with van der Waals surface area (Å²) in [6, 6.07) is 4.41. The number of hydrogen-bond donors (Lipinski definition) is 3. The second-order valence-corrected chi connectivity index (χ2v) is 6.28. The van der Waals surface area contributed by atoms with E-state index in [0.29, 0.717) is 25.2 Å². The fraction of sp³-hybridized carbons (Fsp3) is 0.421. The summed E-state index contributed by atoms with van der Waals surface area (Å²) < 4.78 is 14.1. The number of amides is 1. The number of carbonyl (C=O) groups is 1. The number of aliphatic hydroxyl groups excluding tert-OH is 1. The number of H-pyrrole nitrogens is 1. The molecule has 1 aromatic heterocycles. The van der Waals surface area contributed by atoms with Crippen LogP contribution in [0.5, 0.6) is 0 Å². The Kier molecular flexibility index (Phi) is 5.20. The van der Waals surface area contributed by atoms with Crippen molar-refractivity contribution < 1.29 is 14.3 Å². The van der Waals surface area contributed by atoms with Gasteiger partial charge in [0, 0.05) is 36.8 Å². The lowest BCUT2D eigenvalue weighted by Gasteiger charge is -2.31. The van der Waals surface area contributed by atoms with E-state index in [9.17, 15) is 14.3 Å². The Bertz CT molecular complexity index is 795. The molecule has 6 heteroatoms. The van der Waals surface area contributed by atoms with Crippen LogP contribution in [-0.4, -0.2) is 53.2 Å². The minimum atomic E-state index is -0.336. The van der Waals surface area contributed by atoms with E-state index in [1.54, 1.807) is 11.1 Å². The lowest BCUT2D eigenvalue weighted by atomic mass is 9.89. The first-order valence-electron chi connectivity index (χ1n) is 8.70. The van der Waals surface area contributed by atoms with E-state index in [4.69, 9.17) is 0 Å². The first kappa shape index (κ1) is 17.6. The lowest BCUT2D eigenvalue weighted by molar-refractivity contribution is -0.133. The van der Waals surface area contributed by atoms with Crippen molar-refractivity contribution in [3.05, 3.63) is 41.9 Å². The standard InChI is InChI=1S/C19H24FN3O2/c1-3-23(4-2)19(25)13-8-15(17(11-24)22-10-13)16-9-14(20)7-12-5-6-21-18(12)16/h5-9,13,17,21-22,24H,3-4,10-11H2,1-2H3. The molecule has 1 aliphatic rings. The number of hydrogen-bond acceptors (Lipinski definition) is 3. The van der Waals surface area contributed by atoms with Gasteiger partial charge in [0.2, 0.25) is 5.91 Å². The van der Waals surface area contributed by atoms with Crippen LogP contribution >= 0.6 is 0 Å². The van der Waals surface area contributed by atoms with Crippen molar-refractivity contribution in [2.45, 2.75) is 19.9 Å². The Morgan fingerprint density at radius 2 is 2.12 bits per heavy atom. The van der Waals surface area contributed by atoms with Gasteiger partial charge in [0.15, 0.2) is 0 Å². The van der Waals surface area contributed by atoms with Gasteiger partial charge in [0.1, 0.15) is 5.82 Å². The van der Waals surface area contributed by atoms with Crippen LogP contribution in [0.2, 0.25) is 0 Å². The van der Waals surface area contributed by atoms with E-state index in [0.717, 1.165) is 16.5 Å². The van der Waals surface area contributed by atoms with Crippen molar-refractivity contribution in [2.75, 3.05) is 26.2 Å². The van der Waals surface area contributed by atoms with Crippen molar-refractivity contribution >= 4 is 22.4 Å². The molecule has 2 heterocycles. The number of aromatic nitrogens is 1. The molecule has 0 radical (unpaired) electrons. The lowest BCUT2D eigenvalue weighted by Crippen LogP contribution is -2.46. The van der Waals surface area contributed by atoms with Crippen LogP contribution < -0.4 is 5.32 Å². The quantitative estimate of drug-likeness (QED) is 0.778. The highest BCUT2D eigenvalue weighted by atomic mass is 19.1. The van der Waals surface area contributed by atoms with Crippen LogP contribution in [0.4, 0.5) is 4.39 Å². The van der Waals surface area contributed by atoms with Gasteiger partial charge in [-0.3, -0.25) is 4.79 Å². The van der Waals surface area contributed by atoms with Crippen LogP contribution in [0.3, 0.4) is 0 Å². The molecule has 1 aromatic carbocycles. The number of benzene rings is 1. The maximum absolute atomic E-state index is 14.1. The number of aliphatic hydroxyl groups is 1. The van der Waals surface area contributed by atoms with E-state index in [1.807, 2.05) is 26.0 Å². The molecular formula is C19H24FN3O2. The van der Waals surface area contributed by atoms with Gasteiger partial charge in [-0.25, -0.2) is 4.39 Å². The van der Waals surface area contributed by atoms with Crippen LogP contribution in [0.1, 0.15) is 19.4 Å². The molecule has 25 heavy (non-hydrogen) atoms. The molecule has 1 aliphatic heterocycles. The van der Waals surface area contributed by atoms with E-state index >= 15 is 0 Å². The van der Waals surface area contributed by atoms with Crippen molar-refractivity contribution in [1.29, 1.82) is 0 Å². The molecule has 0 spiro atoms. The SMILES string of the molecule is CCN(CC)C(=O)C1C=C(c2cc(F)cc3cc[nH]c23)C(CO)NC1. The Balaban J connectivity index is 2.06. The van der Waals surface area contributed by atoms with Crippen LogP contribution in [0.25, 0.3) is 16.5 Å². The van der Waals surface area contributed by atoms with Gasteiger partial charge >= 0.3 is 0 Å². The maximum Gasteiger partial charge on any atom is 0.230 e. The normalized spacial score (nSPS) is 20.6. The zero-order chi connectivity index (χ0) is 18.0. The molecule has 3 N–H and O–H groups in total. The monoisotopic (exact) mass is 345 g/mol. The summed E-state index contributed by atoms with van der Waals surface area (Å²) >= 11 is 0. The average molecular weight is 345 g/mol. The second kappa shape index (κ2) is 7.37. The third-order valence-corrected chi connectivity index (χ3v) is 4.85. The topological polar surface area (TPSA) is 68.4 Å². The Morgan fingerprint density at radius 1 is 1.36 bits per heavy atom. The third kappa shape index (κ3) is 3.32. The zero-order valence-electron chi connectivity index (χ0n) is 14.6. The third-order valence-electron chi connectivity index (χ3n) is 4.85. The van der Waals surface area contributed by atoms with Gasteiger partial charge in [-0.05, 0) is 37.6 Å². The van der Waals surface area contributed by atoms with Crippen molar-refractivity contribution in [2.24, 2.45) is 5.92 Å². The molecule has 2 atom stereocenters. The fourth-order valence-electron chi connectivity index (χ4n) is 3.50. The second-order valence-electron chi connectivity index (χ2n) is 6.28. The summed E-state index contributed by atoms with van der Waals surface area (Å²) in [6.07, 6.45) is 3.64. The Labute approximate surface area is 146 Å². The summed E-state index contributed by atoms with van der Waals surface area (Å²) in [5, 5.41) is 13.7. The first-order chi connectivity index (χ1) is 12.1. The van der Waals surface area contributed by atoms with Crippen molar-refractivity contribution in [1.82, 2.24) is 15.2 Å². The minimum absolute atomic E-state index is 0.0468. The van der Waals surface area contributed by atoms with E-state index < -0.39 is 0 Å². The molecule has 1 amide bonds. The molecule has 0 aliphatic carbocycles. The summed E-state index contributed by atoms with van der Waals surface area (Å²) in [5.74, 6) is -0.617. The van der Waals surface area contributed by atoms with Crippen molar-refractivity contribution in [3.63, 3.8) is 0 Å². The Morgan fingerprint density at radius 3 is 2.80 bits per heavy atom. The fourth-order valence-corrected chi connectivity index (χ4v) is 3.50. The van der Waals surface area contributed by atoms with E-state index in [-0.39, 0.29) is 30.3 Å². The smallest absolute Gasteiger partial charge is 0.230 e. The van der Waals surface area contributed by atoms with Gasteiger partial charge in [0.05, 0.1) is 24.1 Å². The zero-order valence-corrected chi connectivity index (χ0v) is 14.6. The molecule has 0 saturated heterocycles. The highest BCUT2D eigenvalue weighted by Crippen LogP contribution is 2.31. The van der Waals surface area contributed by atoms with Gasteiger partial charge in [-0.1, -0.05) is 6.08 Å². The molecule has 2 unspecified atom stereocenters. The van der Waals surface area contributed by atoms with Gasteiger partial charge in [0.25, 0.3) is 0 Å². The number of aromatic amines is 1. The summed E-state index contributed by atoms with van der Waals surface area (Å²) in [4.78, 5) is 17.6. The van der Waals surface area contributed by atoms with Gasteiger partial charge < -0.3 is 20.3 Å². The number of carbonyl (C=O) groups excluding carboxylic acids is 1. The average Bonchev–Trinajstić information content (AvgIpc) is 3.09. The number of nitrogens with one attached hydrogen (secondary N) is 2. The summed E-state index contributed by atoms with van der Waals surface area (Å²) in [7, 11) is 0. The van der Waals surface area contributed by atoms with E-state index in [2.05, 4.69) is 10.3 Å². The minimum Gasteiger partial charge on any atom is -0.394 e. The predicted molar refractivity (Wildman–Crippen MR) is 96.5 cm³/mol. The number of fused-ring (bicyclic) bond motifs is 1. The number of nitrogens with zero attached hydrogens (tertiary/aromatic N) is 1. The van der Waals surface area contributed by atoms with Crippen LogP contribution in [0, 0.1) is 11.7 Å². The summed E-state index contributed by atoms with van der Waals surface area (Å²) in [5.41, 5.74) is 2.25. The molecule has 0 fully saturated rings. The molecule has 3 rings (SSSR count). The molecular weight excluding hydrogens is 321 g/mol. The van der Waals surface area contributed by atoms with Gasteiger partial charge in [-0.15, -0.1) is 0 Å². The predicted octanol–water partition coefficient (Wildman–Crippen LogP) is 2.14. The number of halogens is 1. The highest BCUT2D eigenvalue weighted by Gasteiger charge is 2.30. The molecule has 2 aromatic rings. The summed E-state index contributed by atoms with van der Waals surface area (Å²) in [6.45, 7) is 5.56. The van der Waals surface area contributed by atoms with Crippen LogP contribution in [0.15, 0.2) is 30.5 Å². The maximum atomic E-state index is 14.1. The first-order valence-corrected chi connectivity index (χ1v) is 8.70. The van der Waals surface area contributed by atoms with E-state index in [1.165, 1.54) is 12.1 Å².